The van der Waals surface area contributed by atoms with Gasteiger partial charge in [0.1, 0.15) is 0 Å². The quantitative estimate of drug-likeness (QED) is 0.849. The van der Waals surface area contributed by atoms with Crippen LogP contribution in [0, 0.1) is 0 Å². The Labute approximate surface area is 124 Å². The molecule has 0 aliphatic carbocycles. The lowest BCUT2D eigenvalue weighted by molar-refractivity contribution is -0.134. The average Bonchev–Trinajstić information content (AvgIpc) is 2.98. The van der Waals surface area contributed by atoms with Crippen molar-refractivity contribution in [3.05, 3.63) is 22.4 Å². The summed E-state index contributed by atoms with van der Waals surface area (Å²) in [7, 11) is 0. The highest BCUT2D eigenvalue weighted by atomic mass is 32.1. The van der Waals surface area contributed by atoms with Crippen molar-refractivity contribution in [2.24, 2.45) is 0 Å². The highest BCUT2D eigenvalue weighted by molar-refractivity contribution is 7.08. The molecule has 0 saturated carbocycles. The Kier molecular flexibility index (Phi) is 5.59. The summed E-state index contributed by atoms with van der Waals surface area (Å²) in [6, 6.07) is 2.18. The Hall–Kier alpha value is -1.36. The second-order valence-corrected chi connectivity index (χ2v) is 6.08. The summed E-state index contributed by atoms with van der Waals surface area (Å²) in [5, 5.41) is 6.57. The number of nitrogens with zero attached hydrogens (tertiary/aromatic N) is 1. The van der Waals surface area contributed by atoms with E-state index < -0.39 is 0 Å². The predicted octanol–water partition coefficient (Wildman–Crippen LogP) is 2.66. The number of nitrogens with one attached hydrogen (secondary N) is 1. The van der Waals surface area contributed by atoms with E-state index in [1.54, 1.807) is 6.07 Å². The fourth-order valence-corrected chi connectivity index (χ4v) is 3.19. The Morgan fingerprint density at radius 3 is 3.00 bits per heavy atom. The van der Waals surface area contributed by atoms with Gasteiger partial charge in [-0.15, -0.1) is 0 Å². The zero-order valence-corrected chi connectivity index (χ0v) is 12.7. The van der Waals surface area contributed by atoms with Crippen molar-refractivity contribution in [1.82, 2.24) is 10.2 Å². The summed E-state index contributed by atoms with van der Waals surface area (Å²) in [4.78, 5) is 25.8. The largest absolute Gasteiger partial charge is 0.352 e. The Bertz CT molecular complexity index is 445. The van der Waals surface area contributed by atoms with Crippen molar-refractivity contribution in [2.45, 2.75) is 45.1 Å². The molecule has 2 rings (SSSR count). The van der Waals surface area contributed by atoms with E-state index in [1.165, 1.54) is 17.8 Å². The number of carbonyl (C=O) groups excluding carboxylic acids is 2. The fourth-order valence-electron chi connectivity index (χ4n) is 2.55. The van der Waals surface area contributed by atoms with Gasteiger partial charge in [-0.05, 0) is 44.1 Å². The van der Waals surface area contributed by atoms with E-state index in [1.807, 2.05) is 15.7 Å². The maximum atomic E-state index is 12.1. The van der Waals surface area contributed by atoms with Gasteiger partial charge in [0.05, 0.1) is 0 Å². The van der Waals surface area contributed by atoms with E-state index >= 15 is 0 Å². The zero-order chi connectivity index (χ0) is 14.4. The van der Waals surface area contributed by atoms with Crippen LogP contribution in [-0.2, 0) is 4.79 Å². The number of thiophene rings is 1. The molecule has 5 heteroatoms. The van der Waals surface area contributed by atoms with Crippen LogP contribution in [0.1, 0.15) is 49.4 Å². The first-order valence-corrected chi connectivity index (χ1v) is 8.22. The molecule has 1 fully saturated rings. The molecule has 1 atom stereocenters. The third kappa shape index (κ3) is 4.07. The number of hydrogen-bond donors (Lipinski definition) is 1. The maximum absolute atomic E-state index is 12.1. The molecule has 0 unspecified atom stereocenters. The molecule has 1 aliphatic heterocycles. The van der Waals surface area contributed by atoms with Crippen LogP contribution in [0.2, 0.25) is 0 Å². The molecule has 1 aromatic heterocycles. The Morgan fingerprint density at radius 2 is 2.30 bits per heavy atom. The minimum Gasteiger partial charge on any atom is -0.352 e. The summed E-state index contributed by atoms with van der Waals surface area (Å²) < 4.78 is 0. The van der Waals surface area contributed by atoms with Gasteiger partial charge < -0.3 is 10.2 Å². The topological polar surface area (TPSA) is 49.4 Å². The summed E-state index contributed by atoms with van der Waals surface area (Å²) >= 11 is 1.51. The van der Waals surface area contributed by atoms with Crippen molar-refractivity contribution in [2.75, 3.05) is 13.1 Å². The maximum Gasteiger partial charge on any atom is 0.252 e. The number of hydrogen-bond acceptors (Lipinski definition) is 3. The van der Waals surface area contributed by atoms with Crippen LogP contribution in [-0.4, -0.2) is 35.8 Å². The zero-order valence-electron chi connectivity index (χ0n) is 11.9. The molecule has 20 heavy (non-hydrogen) atoms. The molecule has 1 aromatic rings. The number of carbonyl (C=O) groups is 2. The van der Waals surface area contributed by atoms with Gasteiger partial charge in [-0.2, -0.15) is 11.3 Å². The van der Waals surface area contributed by atoms with Crippen LogP contribution in [0.3, 0.4) is 0 Å². The van der Waals surface area contributed by atoms with Gasteiger partial charge in [-0.3, -0.25) is 9.59 Å². The molecule has 0 bridgehead atoms. The second kappa shape index (κ2) is 7.43. The molecular formula is C15H22N2O2S. The first-order chi connectivity index (χ1) is 9.68. The molecule has 0 spiro atoms. The van der Waals surface area contributed by atoms with Crippen molar-refractivity contribution in [3.63, 3.8) is 0 Å². The fraction of sp³-hybridized carbons (Fsp3) is 0.600. The third-order valence-electron chi connectivity index (χ3n) is 3.76. The van der Waals surface area contributed by atoms with Crippen molar-refractivity contribution >= 4 is 23.2 Å². The van der Waals surface area contributed by atoms with Crippen LogP contribution >= 0.6 is 11.3 Å². The first kappa shape index (κ1) is 15.0. The van der Waals surface area contributed by atoms with Crippen LogP contribution in [0.15, 0.2) is 16.8 Å². The van der Waals surface area contributed by atoms with Crippen LogP contribution < -0.4 is 5.32 Å². The highest BCUT2D eigenvalue weighted by Crippen LogP contribution is 2.17. The van der Waals surface area contributed by atoms with E-state index in [-0.39, 0.29) is 11.8 Å². The van der Waals surface area contributed by atoms with E-state index in [4.69, 9.17) is 0 Å². The van der Waals surface area contributed by atoms with E-state index in [2.05, 4.69) is 12.2 Å². The monoisotopic (exact) mass is 294 g/mol. The summed E-state index contributed by atoms with van der Waals surface area (Å²) in [5.74, 6) is 0.173. The molecule has 110 valence electrons. The number of likely N-dealkylation sites (tertiary alicyclic amines) is 1. The molecule has 2 heterocycles. The van der Waals surface area contributed by atoms with E-state index in [0.717, 1.165) is 19.4 Å². The van der Waals surface area contributed by atoms with Gasteiger partial charge in [0, 0.05) is 36.5 Å². The molecule has 0 radical (unpaired) electrons. The average molecular weight is 294 g/mol. The van der Waals surface area contributed by atoms with Crippen LogP contribution in [0.4, 0.5) is 0 Å². The highest BCUT2D eigenvalue weighted by Gasteiger charge is 2.22. The normalized spacial score (nSPS) is 18.9. The van der Waals surface area contributed by atoms with Crippen LogP contribution in [0.5, 0.6) is 0 Å². The van der Waals surface area contributed by atoms with Crippen molar-refractivity contribution in [1.29, 1.82) is 0 Å². The third-order valence-corrected chi connectivity index (χ3v) is 4.44. The van der Waals surface area contributed by atoms with Crippen LogP contribution in [0.25, 0.3) is 0 Å². The number of amides is 2. The van der Waals surface area contributed by atoms with Crippen molar-refractivity contribution in [3.8, 4) is 0 Å². The van der Waals surface area contributed by atoms with Gasteiger partial charge in [-0.1, -0.05) is 0 Å². The SMILES string of the molecule is C[C@H]1CCCCN1C(=O)CCCNC(=O)c1ccsc1. The smallest absolute Gasteiger partial charge is 0.252 e. The number of rotatable bonds is 5. The van der Waals surface area contributed by atoms with E-state index in [0.29, 0.717) is 31.0 Å². The lowest BCUT2D eigenvalue weighted by Crippen LogP contribution is -2.42. The minimum absolute atomic E-state index is 0.0509. The molecule has 1 aliphatic rings. The van der Waals surface area contributed by atoms with E-state index in [9.17, 15) is 9.59 Å². The standard InChI is InChI=1S/C15H22N2O2S/c1-12-5-2-3-9-17(12)14(18)6-4-8-16-15(19)13-7-10-20-11-13/h7,10-12H,2-6,8-9H2,1H3,(H,16,19)/t12-/m0/s1. The molecular weight excluding hydrogens is 272 g/mol. The predicted molar refractivity (Wildman–Crippen MR) is 80.9 cm³/mol. The van der Waals surface area contributed by atoms with Crippen molar-refractivity contribution < 1.29 is 9.59 Å². The molecule has 4 nitrogen and oxygen atoms in total. The molecule has 1 N–H and O–H groups in total. The van der Waals surface area contributed by atoms with Gasteiger partial charge in [-0.25, -0.2) is 0 Å². The Morgan fingerprint density at radius 1 is 1.45 bits per heavy atom. The first-order valence-electron chi connectivity index (χ1n) is 7.28. The summed E-state index contributed by atoms with van der Waals surface area (Å²) in [6.45, 7) is 3.57. The number of piperidine rings is 1. The lowest BCUT2D eigenvalue weighted by atomic mass is 10.0. The molecule has 1 saturated heterocycles. The summed E-state index contributed by atoms with van der Waals surface area (Å²) in [6.07, 6.45) is 4.68. The lowest BCUT2D eigenvalue weighted by Gasteiger charge is -2.33. The van der Waals surface area contributed by atoms with Gasteiger partial charge >= 0.3 is 0 Å². The molecule has 2 amide bonds. The molecule has 0 aromatic carbocycles. The van der Waals surface area contributed by atoms with Gasteiger partial charge in [0.15, 0.2) is 0 Å². The van der Waals surface area contributed by atoms with Gasteiger partial charge in [0.25, 0.3) is 5.91 Å². The van der Waals surface area contributed by atoms with Gasteiger partial charge in [0.2, 0.25) is 5.91 Å². The second-order valence-electron chi connectivity index (χ2n) is 5.30. The minimum atomic E-state index is -0.0509. The summed E-state index contributed by atoms with van der Waals surface area (Å²) in [5.41, 5.74) is 0.700. The Balaban J connectivity index is 1.65.